The zero-order chi connectivity index (χ0) is 20.2. The number of nitrogens with zero attached hydrogens (tertiary/aromatic N) is 1. The SMILES string of the molecule is CCOC(=O)CCCNC(=NC)NCc1ccc(C)cc1OCC1CCOC1.I. The summed E-state index contributed by atoms with van der Waals surface area (Å²) in [4.78, 5) is 15.6. The van der Waals surface area contributed by atoms with Crippen LogP contribution in [0.2, 0.25) is 0 Å². The van der Waals surface area contributed by atoms with Gasteiger partial charge in [0.25, 0.3) is 0 Å². The lowest BCUT2D eigenvalue weighted by atomic mass is 10.1. The van der Waals surface area contributed by atoms with Gasteiger partial charge in [0.1, 0.15) is 5.75 Å². The van der Waals surface area contributed by atoms with Crippen LogP contribution < -0.4 is 15.4 Å². The number of carbonyl (C=O) groups is 1. The Kier molecular flexibility index (Phi) is 12.7. The van der Waals surface area contributed by atoms with Gasteiger partial charge >= 0.3 is 5.97 Å². The zero-order valence-electron chi connectivity index (χ0n) is 17.7. The lowest BCUT2D eigenvalue weighted by molar-refractivity contribution is -0.143. The van der Waals surface area contributed by atoms with Gasteiger partial charge in [-0.1, -0.05) is 12.1 Å². The molecule has 0 bridgehead atoms. The Morgan fingerprint density at radius 1 is 1.34 bits per heavy atom. The van der Waals surface area contributed by atoms with E-state index in [0.29, 0.717) is 51.0 Å². The number of rotatable bonds is 10. The number of aryl methyl sites for hydroxylation is 1. The largest absolute Gasteiger partial charge is 0.493 e. The topological polar surface area (TPSA) is 81.2 Å². The molecule has 7 nitrogen and oxygen atoms in total. The number of nitrogens with one attached hydrogen (secondary N) is 2. The summed E-state index contributed by atoms with van der Waals surface area (Å²) < 4.78 is 16.4. The molecule has 0 amide bonds. The highest BCUT2D eigenvalue weighted by atomic mass is 127. The Morgan fingerprint density at radius 3 is 2.86 bits per heavy atom. The van der Waals surface area contributed by atoms with Crippen LogP contribution in [0.3, 0.4) is 0 Å². The third kappa shape index (κ3) is 9.66. The highest BCUT2D eigenvalue weighted by Gasteiger charge is 2.17. The summed E-state index contributed by atoms with van der Waals surface area (Å²) in [5, 5.41) is 6.52. The third-order valence-corrected chi connectivity index (χ3v) is 4.55. The summed E-state index contributed by atoms with van der Waals surface area (Å²) in [6.07, 6.45) is 2.16. The van der Waals surface area contributed by atoms with Crippen LogP contribution in [0.15, 0.2) is 23.2 Å². The smallest absolute Gasteiger partial charge is 0.305 e. The Labute approximate surface area is 191 Å². The average molecular weight is 519 g/mol. The van der Waals surface area contributed by atoms with Crippen LogP contribution in [0.25, 0.3) is 0 Å². The van der Waals surface area contributed by atoms with Crippen molar-refractivity contribution in [3.8, 4) is 5.75 Å². The number of benzene rings is 1. The Morgan fingerprint density at radius 2 is 2.17 bits per heavy atom. The second kappa shape index (κ2) is 14.4. The van der Waals surface area contributed by atoms with Crippen molar-refractivity contribution in [2.24, 2.45) is 10.9 Å². The molecule has 1 aromatic rings. The van der Waals surface area contributed by atoms with E-state index in [0.717, 1.165) is 30.9 Å². The molecule has 164 valence electrons. The Hall–Kier alpha value is -1.55. The van der Waals surface area contributed by atoms with Crippen LogP contribution in [-0.4, -0.2) is 51.9 Å². The molecule has 0 aromatic heterocycles. The molecule has 0 aliphatic carbocycles. The molecular weight excluding hydrogens is 485 g/mol. The minimum absolute atomic E-state index is 0. The van der Waals surface area contributed by atoms with Crippen molar-refractivity contribution in [1.82, 2.24) is 10.6 Å². The summed E-state index contributed by atoms with van der Waals surface area (Å²) in [7, 11) is 1.73. The van der Waals surface area contributed by atoms with Crippen molar-refractivity contribution >= 4 is 35.9 Å². The van der Waals surface area contributed by atoms with E-state index in [9.17, 15) is 4.79 Å². The minimum atomic E-state index is -0.165. The predicted molar refractivity (Wildman–Crippen MR) is 125 cm³/mol. The summed E-state index contributed by atoms with van der Waals surface area (Å²) in [6.45, 7) is 7.84. The van der Waals surface area contributed by atoms with Crippen LogP contribution in [0, 0.1) is 12.8 Å². The van der Waals surface area contributed by atoms with E-state index in [-0.39, 0.29) is 29.9 Å². The fraction of sp³-hybridized carbons (Fsp3) is 0.619. The van der Waals surface area contributed by atoms with E-state index in [1.807, 2.05) is 6.92 Å². The first kappa shape index (κ1) is 25.5. The molecule has 1 atom stereocenters. The van der Waals surface area contributed by atoms with Gasteiger partial charge in [0.2, 0.25) is 0 Å². The molecule has 1 unspecified atom stereocenters. The molecule has 0 saturated carbocycles. The van der Waals surface area contributed by atoms with E-state index in [2.05, 4.69) is 40.7 Å². The maximum absolute atomic E-state index is 11.4. The van der Waals surface area contributed by atoms with Gasteiger partial charge in [0, 0.05) is 44.6 Å². The van der Waals surface area contributed by atoms with E-state index in [1.165, 1.54) is 5.56 Å². The van der Waals surface area contributed by atoms with Gasteiger partial charge in [-0.15, -0.1) is 24.0 Å². The summed E-state index contributed by atoms with van der Waals surface area (Å²) in [5.41, 5.74) is 2.25. The predicted octanol–water partition coefficient (Wildman–Crippen LogP) is 3.04. The van der Waals surface area contributed by atoms with Crippen molar-refractivity contribution in [3.05, 3.63) is 29.3 Å². The molecular formula is C21H34IN3O4. The van der Waals surface area contributed by atoms with Gasteiger partial charge in [-0.3, -0.25) is 9.79 Å². The van der Waals surface area contributed by atoms with Gasteiger partial charge in [-0.2, -0.15) is 0 Å². The van der Waals surface area contributed by atoms with Gasteiger partial charge in [0.05, 0.1) is 19.8 Å². The van der Waals surface area contributed by atoms with Gasteiger partial charge < -0.3 is 24.8 Å². The van der Waals surface area contributed by atoms with Gasteiger partial charge in [-0.25, -0.2) is 0 Å². The molecule has 0 radical (unpaired) electrons. The molecule has 1 fully saturated rings. The maximum Gasteiger partial charge on any atom is 0.305 e. The van der Waals surface area contributed by atoms with Crippen molar-refractivity contribution in [2.45, 2.75) is 39.7 Å². The van der Waals surface area contributed by atoms with Crippen molar-refractivity contribution < 1.29 is 19.0 Å². The van der Waals surface area contributed by atoms with Crippen molar-refractivity contribution in [3.63, 3.8) is 0 Å². The van der Waals surface area contributed by atoms with E-state index >= 15 is 0 Å². The van der Waals surface area contributed by atoms with Crippen LogP contribution in [0.1, 0.15) is 37.3 Å². The second-order valence-corrected chi connectivity index (χ2v) is 6.91. The van der Waals surface area contributed by atoms with Crippen LogP contribution in [0.4, 0.5) is 0 Å². The minimum Gasteiger partial charge on any atom is -0.493 e. The first-order valence-electron chi connectivity index (χ1n) is 10.0. The molecule has 0 spiro atoms. The highest BCUT2D eigenvalue weighted by molar-refractivity contribution is 14.0. The Balaban J connectivity index is 0.00000420. The number of ether oxygens (including phenoxy) is 3. The molecule has 29 heavy (non-hydrogen) atoms. The monoisotopic (exact) mass is 519 g/mol. The molecule has 8 heteroatoms. The number of hydrogen-bond acceptors (Lipinski definition) is 5. The molecule has 2 N–H and O–H groups in total. The van der Waals surface area contributed by atoms with E-state index < -0.39 is 0 Å². The lowest BCUT2D eigenvalue weighted by Gasteiger charge is -2.17. The van der Waals surface area contributed by atoms with E-state index in [4.69, 9.17) is 14.2 Å². The zero-order valence-corrected chi connectivity index (χ0v) is 20.0. The van der Waals surface area contributed by atoms with E-state index in [1.54, 1.807) is 7.05 Å². The number of esters is 1. The summed E-state index contributed by atoms with van der Waals surface area (Å²) >= 11 is 0. The molecule has 1 aliphatic heterocycles. The van der Waals surface area contributed by atoms with Crippen molar-refractivity contribution in [1.29, 1.82) is 0 Å². The second-order valence-electron chi connectivity index (χ2n) is 6.91. The summed E-state index contributed by atoms with van der Waals surface area (Å²) in [6, 6.07) is 6.23. The number of guanidine groups is 1. The fourth-order valence-electron chi connectivity index (χ4n) is 2.94. The van der Waals surface area contributed by atoms with Crippen molar-refractivity contribution in [2.75, 3.05) is 40.0 Å². The van der Waals surface area contributed by atoms with Gasteiger partial charge in [0.15, 0.2) is 5.96 Å². The maximum atomic E-state index is 11.4. The average Bonchev–Trinajstić information content (AvgIpc) is 3.20. The normalized spacial score (nSPS) is 16.1. The third-order valence-electron chi connectivity index (χ3n) is 4.55. The molecule has 1 aromatic carbocycles. The number of halogens is 1. The van der Waals surface area contributed by atoms with Crippen LogP contribution in [-0.2, 0) is 20.8 Å². The molecule has 1 saturated heterocycles. The molecule has 2 rings (SSSR count). The number of carbonyl (C=O) groups excluding carboxylic acids is 1. The van der Waals surface area contributed by atoms with Crippen LogP contribution in [0.5, 0.6) is 5.75 Å². The first-order valence-corrected chi connectivity index (χ1v) is 10.0. The molecule has 1 aliphatic rings. The Bertz CT molecular complexity index is 649. The summed E-state index contributed by atoms with van der Waals surface area (Å²) in [5.74, 6) is 1.90. The standard InChI is InChI=1S/C21H33N3O4.HI/c1-4-27-20(25)6-5-10-23-21(22-3)24-13-18-8-7-16(2)12-19(18)28-15-17-9-11-26-14-17;/h7-8,12,17H,4-6,9-11,13-15H2,1-3H3,(H2,22,23,24);1H. The van der Waals surface area contributed by atoms with Gasteiger partial charge in [-0.05, 0) is 38.3 Å². The number of aliphatic imine (C=N–C) groups is 1. The first-order chi connectivity index (χ1) is 13.6. The fourth-order valence-corrected chi connectivity index (χ4v) is 2.94. The lowest BCUT2D eigenvalue weighted by Crippen LogP contribution is -2.37. The highest BCUT2D eigenvalue weighted by Crippen LogP contribution is 2.22. The quantitative estimate of drug-likeness (QED) is 0.163. The van der Waals surface area contributed by atoms with Crippen LogP contribution >= 0.6 is 24.0 Å². The molecule has 1 heterocycles. The number of hydrogen-bond donors (Lipinski definition) is 2.